The Balaban J connectivity index is 1.68. The SMILES string of the molecule is COc1ccc(C2c3ccsc3CCN2C(=O)CN(CC(C)C)S(=O)(=O)c2cc(Cl)ccc2Cl)cc1. The largest absolute Gasteiger partial charge is 0.497 e. The number of benzene rings is 2. The first kappa shape index (κ1) is 26.9. The van der Waals surface area contributed by atoms with Crippen LogP contribution in [0.5, 0.6) is 5.75 Å². The van der Waals surface area contributed by atoms with Crippen LogP contribution in [0.2, 0.25) is 10.0 Å². The van der Waals surface area contributed by atoms with Gasteiger partial charge in [0, 0.05) is 23.0 Å². The van der Waals surface area contributed by atoms with Crippen molar-refractivity contribution in [3.63, 3.8) is 0 Å². The molecular weight excluding hydrogens is 539 g/mol. The smallest absolute Gasteiger partial charge is 0.245 e. The van der Waals surface area contributed by atoms with E-state index in [0.29, 0.717) is 6.54 Å². The van der Waals surface area contributed by atoms with E-state index in [4.69, 9.17) is 27.9 Å². The number of hydrogen-bond donors (Lipinski definition) is 0. The van der Waals surface area contributed by atoms with Crippen molar-refractivity contribution in [3.05, 3.63) is 80.0 Å². The Labute approximate surface area is 226 Å². The Kier molecular flexibility index (Phi) is 8.32. The fourth-order valence-corrected chi connectivity index (χ4v) is 7.64. The lowest BCUT2D eigenvalue weighted by Crippen LogP contribution is -2.47. The molecule has 0 bridgehead atoms. The molecule has 6 nitrogen and oxygen atoms in total. The molecule has 1 atom stereocenters. The van der Waals surface area contributed by atoms with E-state index in [1.807, 2.05) is 49.6 Å². The highest BCUT2D eigenvalue weighted by atomic mass is 35.5. The van der Waals surface area contributed by atoms with Gasteiger partial charge in [-0.3, -0.25) is 4.79 Å². The topological polar surface area (TPSA) is 66.9 Å². The standard InChI is InChI=1S/C26H28Cl2N2O4S2/c1-17(2)15-29(36(32,33)24-14-19(27)6-9-22(24)28)16-25(31)30-12-10-23-21(11-13-35-23)26(30)18-4-7-20(34-3)8-5-18/h4-9,11,13-14,17,26H,10,12,15-16H2,1-3H3. The normalized spacial score (nSPS) is 15.9. The number of amides is 1. The third kappa shape index (κ3) is 5.58. The molecule has 2 aromatic carbocycles. The molecule has 1 aliphatic rings. The number of halogens is 2. The molecule has 0 aliphatic carbocycles. The van der Waals surface area contributed by atoms with Gasteiger partial charge in [0.2, 0.25) is 15.9 Å². The second kappa shape index (κ2) is 11.1. The molecule has 0 fully saturated rings. The van der Waals surface area contributed by atoms with Gasteiger partial charge in [0.15, 0.2) is 0 Å². The number of ether oxygens (including phenoxy) is 1. The molecule has 192 valence electrons. The van der Waals surface area contributed by atoms with Crippen LogP contribution in [0.4, 0.5) is 0 Å². The van der Waals surface area contributed by atoms with Gasteiger partial charge in [-0.1, -0.05) is 49.2 Å². The van der Waals surface area contributed by atoms with Gasteiger partial charge < -0.3 is 9.64 Å². The molecule has 1 aliphatic heterocycles. The van der Waals surface area contributed by atoms with Gasteiger partial charge in [-0.25, -0.2) is 8.42 Å². The maximum Gasteiger partial charge on any atom is 0.245 e. The van der Waals surface area contributed by atoms with E-state index >= 15 is 0 Å². The summed E-state index contributed by atoms with van der Waals surface area (Å²) in [4.78, 5) is 16.7. The predicted molar refractivity (Wildman–Crippen MR) is 145 cm³/mol. The van der Waals surface area contributed by atoms with Crippen LogP contribution in [0.25, 0.3) is 0 Å². The Hall–Kier alpha value is -2.10. The summed E-state index contributed by atoms with van der Waals surface area (Å²) in [5, 5.41) is 2.36. The van der Waals surface area contributed by atoms with Gasteiger partial charge in [0.05, 0.1) is 24.7 Å². The minimum absolute atomic E-state index is 0.00671. The molecule has 0 radical (unpaired) electrons. The first-order valence-electron chi connectivity index (χ1n) is 11.6. The van der Waals surface area contributed by atoms with Crippen molar-refractivity contribution >= 4 is 50.5 Å². The summed E-state index contributed by atoms with van der Waals surface area (Å²) in [7, 11) is -2.46. The highest BCUT2D eigenvalue weighted by molar-refractivity contribution is 7.89. The Bertz CT molecular complexity index is 1340. The molecule has 4 rings (SSSR count). The van der Waals surface area contributed by atoms with Crippen molar-refractivity contribution in [2.24, 2.45) is 5.92 Å². The number of carbonyl (C=O) groups is 1. The summed E-state index contributed by atoms with van der Waals surface area (Å²) in [6.45, 7) is 4.18. The summed E-state index contributed by atoms with van der Waals surface area (Å²) in [5.41, 5.74) is 2.01. The van der Waals surface area contributed by atoms with Crippen molar-refractivity contribution in [2.45, 2.75) is 31.2 Å². The van der Waals surface area contributed by atoms with Crippen LogP contribution in [0.1, 0.15) is 35.9 Å². The van der Waals surface area contributed by atoms with Crippen molar-refractivity contribution in [1.29, 1.82) is 0 Å². The molecule has 0 spiro atoms. The highest BCUT2D eigenvalue weighted by Gasteiger charge is 2.36. The summed E-state index contributed by atoms with van der Waals surface area (Å²) >= 11 is 14.0. The minimum Gasteiger partial charge on any atom is -0.497 e. The maximum absolute atomic E-state index is 13.8. The number of thiophene rings is 1. The lowest BCUT2D eigenvalue weighted by molar-refractivity contribution is -0.133. The van der Waals surface area contributed by atoms with E-state index in [2.05, 4.69) is 0 Å². The zero-order valence-corrected chi connectivity index (χ0v) is 23.4. The van der Waals surface area contributed by atoms with Gasteiger partial charge in [-0.15, -0.1) is 11.3 Å². The fourth-order valence-electron chi connectivity index (χ4n) is 4.44. The fraction of sp³-hybridized carbons (Fsp3) is 0.346. The van der Waals surface area contributed by atoms with Gasteiger partial charge >= 0.3 is 0 Å². The molecular formula is C26H28Cl2N2O4S2. The second-order valence-corrected chi connectivity index (χ2v) is 12.8. The maximum atomic E-state index is 13.8. The molecule has 10 heteroatoms. The molecule has 2 heterocycles. The van der Waals surface area contributed by atoms with Gasteiger partial charge in [0.1, 0.15) is 10.6 Å². The Morgan fingerprint density at radius 2 is 1.89 bits per heavy atom. The molecule has 0 N–H and O–H groups in total. The van der Waals surface area contributed by atoms with Gasteiger partial charge in [-0.05, 0) is 65.2 Å². The van der Waals surface area contributed by atoms with E-state index in [1.165, 1.54) is 27.4 Å². The first-order chi connectivity index (χ1) is 17.1. The summed E-state index contributed by atoms with van der Waals surface area (Å²) < 4.78 is 33.8. The van der Waals surface area contributed by atoms with Crippen LogP contribution in [0.15, 0.2) is 58.8 Å². The van der Waals surface area contributed by atoms with E-state index in [9.17, 15) is 13.2 Å². The monoisotopic (exact) mass is 566 g/mol. The number of rotatable bonds is 8. The van der Waals surface area contributed by atoms with Crippen LogP contribution < -0.4 is 4.74 Å². The van der Waals surface area contributed by atoms with Crippen molar-refractivity contribution in [2.75, 3.05) is 26.7 Å². The zero-order chi connectivity index (χ0) is 26.0. The number of nitrogens with zero attached hydrogens (tertiary/aromatic N) is 2. The molecule has 1 unspecified atom stereocenters. The Morgan fingerprint density at radius 3 is 2.56 bits per heavy atom. The van der Waals surface area contributed by atoms with E-state index in [0.717, 1.165) is 23.3 Å². The van der Waals surface area contributed by atoms with Crippen LogP contribution in [-0.2, 0) is 21.2 Å². The third-order valence-electron chi connectivity index (χ3n) is 6.11. The van der Waals surface area contributed by atoms with E-state index < -0.39 is 10.0 Å². The highest BCUT2D eigenvalue weighted by Crippen LogP contribution is 2.38. The summed E-state index contributed by atoms with van der Waals surface area (Å²) in [6, 6.07) is 13.7. The number of hydrogen-bond acceptors (Lipinski definition) is 5. The number of methoxy groups -OCH3 is 1. The van der Waals surface area contributed by atoms with Crippen LogP contribution in [-0.4, -0.2) is 50.3 Å². The van der Waals surface area contributed by atoms with Crippen LogP contribution in [0, 0.1) is 5.92 Å². The molecule has 1 aromatic heterocycles. The third-order valence-corrected chi connectivity index (χ3v) is 9.63. The van der Waals surface area contributed by atoms with Gasteiger partial charge in [0.25, 0.3) is 0 Å². The van der Waals surface area contributed by atoms with Crippen LogP contribution >= 0.6 is 34.5 Å². The van der Waals surface area contributed by atoms with E-state index in [1.54, 1.807) is 23.3 Å². The molecule has 0 saturated heterocycles. The minimum atomic E-state index is -4.07. The molecule has 36 heavy (non-hydrogen) atoms. The number of fused-ring (bicyclic) bond motifs is 1. The number of carbonyl (C=O) groups excluding carboxylic acids is 1. The quantitative estimate of drug-likeness (QED) is 0.341. The Morgan fingerprint density at radius 1 is 1.17 bits per heavy atom. The zero-order valence-electron chi connectivity index (χ0n) is 20.3. The average molecular weight is 568 g/mol. The van der Waals surface area contributed by atoms with Crippen molar-refractivity contribution in [3.8, 4) is 5.75 Å². The lowest BCUT2D eigenvalue weighted by Gasteiger charge is -2.37. The average Bonchev–Trinajstić information content (AvgIpc) is 3.33. The number of sulfonamides is 1. The van der Waals surface area contributed by atoms with Crippen molar-refractivity contribution < 1.29 is 17.9 Å². The summed E-state index contributed by atoms with van der Waals surface area (Å²) in [5.74, 6) is 0.452. The predicted octanol–water partition coefficient (Wildman–Crippen LogP) is 5.88. The van der Waals surface area contributed by atoms with Crippen molar-refractivity contribution in [1.82, 2.24) is 9.21 Å². The van der Waals surface area contributed by atoms with Gasteiger partial charge in [-0.2, -0.15) is 4.31 Å². The lowest BCUT2D eigenvalue weighted by atomic mass is 9.93. The second-order valence-electron chi connectivity index (χ2n) is 9.08. The summed E-state index contributed by atoms with van der Waals surface area (Å²) in [6.07, 6.45) is 0.725. The van der Waals surface area contributed by atoms with E-state index in [-0.39, 0.29) is 45.9 Å². The molecule has 1 amide bonds. The molecule has 3 aromatic rings. The first-order valence-corrected chi connectivity index (χ1v) is 14.6. The van der Waals surface area contributed by atoms with Crippen LogP contribution in [0.3, 0.4) is 0 Å². The molecule has 0 saturated carbocycles.